The van der Waals surface area contributed by atoms with Crippen molar-refractivity contribution in [2.24, 2.45) is 5.10 Å². The molecule has 0 spiro atoms. The van der Waals surface area contributed by atoms with Crippen molar-refractivity contribution in [3.05, 3.63) is 77.0 Å². The third-order valence-corrected chi connectivity index (χ3v) is 5.37. The van der Waals surface area contributed by atoms with Crippen LogP contribution in [-0.2, 0) is 9.53 Å². The molecule has 0 saturated heterocycles. The third-order valence-electron chi connectivity index (χ3n) is 4.10. The largest absolute Gasteiger partial charge is 0.462 e. The molecule has 31 heavy (non-hydrogen) atoms. The Morgan fingerprint density at radius 2 is 1.84 bits per heavy atom. The summed E-state index contributed by atoms with van der Waals surface area (Å²) in [4.78, 5) is 24.7. The van der Waals surface area contributed by atoms with Crippen molar-refractivity contribution in [3.63, 3.8) is 0 Å². The Morgan fingerprint density at radius 3 is 2.55 bits per heavy atom. The van der Waals surface area contributed by atoms with E-state index in [-0.39, 0.29) is 11.9 Å². The van der Waals surface area contributed by atoms with Crippen LogP contribution in [0.4, 0.5) is 0 Å². The number of furan rings is 1. The summed E-state index contributed by atoms with van der Waals surface area (Å²) in [6.45, 7) is 2.10. The van der Waals surface area contributed by atoms with Gasteiger partial charge in [-0.2, -0.15) is 5.10 Å². The van der Waals surface area contributed by atoms with Crippen LogP contribution in [0.15, 0.2) is 75.1 Å². The SMILES string of the molecule is CCOC(=O)c1ccc(-c2ccc(/C=N/NC(=O)CCSc3ccc(Cl)cc3)o2)cc1. The molecule has 0 bridgehead atoms. The Kier molecular flexibility index (Phi) is 8.32. The van der Waals surface area contributed by atoms with Gasteiger partial charge in [0.2, 0.25) is 5.91 Å². The van der Waals surface area contributed by atoms with E-state index >= 15 is 0 Å². The van der Waals surface area contributed by atoms with Gasteiger partial charge < -0.3 is 9.15 Å². The van der Waals surface area contributed by atoms with Gasteiger partial charge >= 0.3 is 5.97 Å². The smallest absolute Gasteiger partial charge is 0.338 e. The van der Waals surface area contributed by atoms with Crippen LogP contribution in [0, 0.1) is 0 Å². The molecule has 1 amide bonds. The molecular weight excluding hydrogens is 436 g/mol. The number of benzene rings is 2. The molecule has 0 unspecified atom stereocenters. The van der Waals surface area contributed by atoms with Crippen LogP contribution in [-0.4, -0.2) is 30.5 Å². The summed E-state index contributed by atoms with van der Waals surface area (Å²) in [7, 11) is 0. The van der Waals surface area contributed by atoms with E-state index in [2.05, 4.69) is 10.5 Å². The van der Waals surface area contributed by atoms with E-state index in [0.29, 0.717) is 40.9 Å². The van der Waals surface area contributed by atoms with Crippen molar-refractivity contribution in [2.75, 3.05) is 12.4 Å². The lowest BCUT2D eigenvalue weighted by atomic mass is 10.1. The van der Waals surface area contributed by atoms with E-state index in [1.54, 1.807) is 55.1 Å². The molecule has 6 nitrogen and oxygen atoms in total. The molecule has 0 fully saturated rings. The predicted octanol–water partition coefficient (Wildman–Crippen LogP) is 5.41. The molecule has 3 rings (SSSR count). The zero-order valence-corrected chi connectivity index (χ0v) is 18.4. The summed E-state index contributed by atoms with van der Waals surface area (Å²) in [6.07, 6.45) is 1.78. The Hall–Kier alpha value is -3.03. The van der Waals surface area contributed by atoms with Gasteiger partial charge in [-0.05, 0) is 55.5 Å². The maximum absolute atomic E-state index is 11.9. The van der Waals surface area contributed by atoms with Crippen molar-refractivity contribution in [1.29, 1.82) is 0 Å². The standard InChI is InChI=1S/C23H21ClN2O4S/c1-2-29-23(28)17-5-3-16(4-6-17)21-12-9-19(30-21)15-25-26-22(27)13-14-31-20-10-7-18(24)8-11-20/h3-12,15H,2,13-14H2,1H3,(H,26,27)/b25-15+. The molecular formula is C23H21ClN2O4S. The highest BCUT2D eigenvalue weighted by Crippen LogP contribution is 2.23. The number of carbonyl (C=O) groups excluding carboxylic acids is 2. The molecule has 0 aliphatic rings. The average Bonchev–Trinajstić information content (AvgIpc) is 3.24. The summed E-state index contributed by atoms with van der Waals surface area (Å²) in [5.74, 6) is 1.22. The van der Waals surface area contributed by atoms with E-state index < -0.39 is 0 Å². The number of thioether (sulfide) groups is 1. The fourth-order valence-electron chi connectivity index (χ4n) is 2.58. The first kappa shape index (κ1) is 22.7. The van der Waals surface area contributed by atoms with E-state index in [1.165, 1.54) is 6.21 Å². The number of halogens is 1. The monoisotopic (exact) mass is 456 g/mol. The maximum Gasteiger partial charge on any atom is 0.338 e. The van der Waals surface area contributed by atoms with Crippen molar-refractivity contribution in [3.8, 4) is 11.3 Å². The molecule has 3 aromatic rings. The van der Waals surface area contributed by atoms with Crippen LogP contribution < -0.4 is 5.43 Å². The summed E-state index contributed by atoms with van der Waals surface area (Å²) in [5, 5.41) is 4.62. The number of hydrogen-bond donors (Lipinski definition) is 1. The highest BCUT2D eigenvalue weighted by atomic mass is 35.5. The number of esters is 1. The Balaban J connectivity index is 1.46. The summed E-state index contributed by atoms with van der Waals surface area (Å²) >= 11 is 7.43. The lowest BCUT2D eigenvalue weighted by Gasteiger charge is -2.02. The second-order valence-electron chi connectivity index (χ2n) is 6.35. The third kappa shape index (κ3) is 7.01. The molecule has 2 aromatic carbocycles. The van der Waals surface area contributed by atoms with Crippen LogP contribution >= 0.6 is 23.4 Å². The second kappa shape index (κ2) is 11.4. The first-order valence-electron chi connectivity index (χ1n) is 9.63. The Morgan fingerprint density at radius 1 is 1.10 bits per heavy atom. The van der Waals surface area contributed by atoms with Gasteiger partial charge in [-0.25, -0.2) is 10.2 Å². The number of nitrogens with zero attached hydrogens (tertiary/aromatic N) is 1. The first-order valence-corrected chi connectivity index (χ1v) is 11.0. The molecule has 0 aliphatic heterocycles. The van der Waals surface area contributed by atoms with Crippen LogP contribution in [0.25, 0.3) is 11.3 Å². The van der Waals surface area contributed by atoms with E-state index in [9.17, 15) is 9.59 Å². The quantitative estimate of drug-likeness (QED) is 0.201. The zero-order valence-electron chi connectivity index (χ0n) is 16.8. The topological polar surface area (TPSA) is 80.9 Å². The van der Waals surface area contributed by atoms with Gasteiger partial charge in [0.05, 0.1) is 18.4 Å². The molecule has 1 N–H and O–H groups in total. The normalized spacial score (nSPS) is 10.9. The summed E-state index contributed by atoms with van der Waals surface area (Å²) in [5.41, 5.74) is 3.79. The molecule has 160 valence electrons. The molecule has 1 aromatic heterocycles. The molecule has 0 aliphatic carbocycles. The van der Waals surface area contributed by atoms with Gasteiger partial charge in [0.25, 0.3) is 0 Å². The highest BCUT2D eigenvalue weighted by Gasteiger charge is 2.08. The highest BCUT2D eigenvalue weighted by molar-refractivity contribution is 7.99. The molecule has 0 radical (unpaired) electrons. The van der Waals surface area contributed by atoms with E-state index in [1.807, 2.05) is 24.3 Å². The zero-order chi connectivity index (χ0) is 22.1. The van der Waals surface area contributed by atoms with Crippen molar-refractivity contribution in [2.45, 2.75) is 18.2 Å². The van der Waals surface area contributed by atoms with Gasteiger partial charge in [0.1, 0.15) is 11.5 Å². The van der Waals surface area contributed by atoms with Crippen molar-refractivity contribution >= 4 is 41.5 Å². The van der Waals surface area contributed by atoms with Gasteiger partial charge in [-0.3, -0.25) is 4.79 Å². The maximum atomic E-state index is 11.9. The van der Waals surface area contributed by atoms with Crippen LogP contribution in [0.5, 0.6) is 0 Å². The minimum absolute atomic E-state index is 0.181. The number of amides is 1. The van der Waals surface area contributed by atoms with Gasteiger partial charge in [0.15, 0.2) is 0 Å². The lowest BCUT2D eigenvalue weighted by Crippen LogP contribution is -2.17. The van der Waals surface area contributed by atoms with E-state index in [0.717, 1.165) is 10.5 Å². The Bertz CT molecular complexity index is 1050. The Labute approximate surface area is 189 Å². The summed E-state index contributed by atoms with van der Waals surface area (Å²) in [6, 6.07) is 18.0. The van der Waals surface area contributed by atoms with Gasteiger partial charge in [-0.15, -0.1) is 11.8 Å². The van der Waals surface area contributed by atoms with Crippen LogP contribution in [0.3, 0.4) is 0 Å². The number of nitrogens with one attached hydrogen (secondary N) is 1. The fraction of sp³-hybridized carbons (Fsp3) is 0.174. The first-order chi connectivity index (χ1) is 15.0. The number of ether oxygens (including phenoxy) is 1. The fourth-order valence-corrected chi connectivity index (χ4v) is 3.56. The number of hydrogen-bond acceptors (Lipinski definition) is 6. The van der Waals surface area contributed by atoms with Crippen LogP contribution in [0.2, 0.25) is 5.02 Å². The van der Waals surface area contributed by atoms with Crippen LogP contribution in [0.1, 0.15) is 29.5 Å². The van der Waals surface area contributed by atoms with Gasteiger partial charge in [0, 0.05) is 27.7 Å². The molecule has 0 saturated carbocycles. The number of carbonyl (C=O) groups is 2. The number of hydrazone groups is 1. The summed E-state index contributed by atoms with van der Waals surface area (Å²) < 4.78 is 10.7. The van der Waals surface area contributed by atoms with Crippen molar-refractivity contribution < 1.29 is 18.7 Å². The number of rotatable bonds is 9. The average molecular weight is 457 g/mol. The second-order valence-corrected chi connectivity index (χ2v) is 7.95. The molecule has 1 heterocycles. The lowest BCUT2D eigenvalue weighted by molar-refractivity contribution is -0.120. The molecule has 0 atom stereocenters. The predicted molar refractivity (Wildman–Crippen MR) is 123 cm³/mol. The minimum Gasteiger partial charge on any atom is -0.462 e. The van der Waals surface area contributed by atoms with Gasteiger partial charge in [-0.1, -0.05) is 23.7 Å². The molecule has 8 heteroatoms. The van der Waals surface area contributed by atoms with E-state index in [4.69, 9.17) is 20.8 Å². The van der Waals surface area contributed by atoms with Crippen molar-refractivity contribution in [1.82, 2.24) is 5.43 Å². The minimum atomic E-state index is -0.358.